The number of ether oxygens (including phenoxy) is 2. The van der Waals surface area contributed by atoms with Crippen LogP contribution in [0.1, 0.15) is 44.8 Å². The first-order valence-corrected chi connectivity index (χ1v) is 7.07. The Balaban J connectivity index is 2.38. The average molecular weight is 267 g/mol. The Hall–Kier alpha value is -1.07. The molecule has 0 amide bonds. The van der Waals surface area contributed by atoms with Crippen LogP contribution >= 0.6 is 0 Å². The Kier molecular flexibility index (Phi) is 4.47. The zero-order valence-corrected chi connectivity index (χ0v) is 12.4. The monoisotopic (exact) mass is 267 g/mol. The van der Waals surface area contributed by atoms with E-state index in [1.165, 1.54) is 0 Å². The molecule has 5 nitrogen and oxygen atoms in total. The molecule has 1 N–H and O–H groups in total. The highest BCUT2D eigenvalue weighted by atomic mass is 16.5. The van der Waals surface area contributed by atoms with Crippen LogP contribution in [0.3, 0.4) is 0 Å². The van der Waals surface area contributed by atoms with Gasteiger partial charge in [-0.2, -0.15) is 5.10 Å². The van der Waals surface area contributed by atoms with Crippen molar-refractivity contribution in [3.05, 3.63) is 11.9 Å². The van der Waals surface area contributed by atoms with Gasteiger partial charge in [-0.25, -0.2) is 0 Å². The maximum Gasteiger partial charge on any atom is 0.161 e. The van der Waals surface area contributed by atoms with Crippen molar-refractivity contribution >= 4 is 0 Å². The van der Waals surface area contributed by atoms with E-state index < -0.39 is 0 Å². The highest BCUT2D eigenvalue weighted by Crippen LogP contribution is 2.40. The molecule has 19 heavy (non-hydrogen) atoms. The van der Waals surface area contributed by atoms with Crippen LogP contribution in [0.4, 0.5) is 0 Å². The van der Waals surface area contributed by atoms with Crippen LogP contribution in [-0.2, 0) is 11.3 Å². The van der Waals surface area contributed by atoms with Gasteiger partial charge >= 0.3 is 0 Å². The van der Waals surface area contributed by atoms with Gasteiger partial charge in [0.15, 0.2) is 5.75 Å². The van der Waals surface area contributed by atoms with Gasteiger partial charge in [0.25, 0.3) is 0 Å². The van der Waals surface area contributed by atoms with Gasteiger partial charge in [0.2, 0.25) is 0 Å². The number of aryl methyl sites for hydroxylation is 1. The van der Waals surface area contributed by atoms with Crippen LogP contribution in [-0.4, -0.2) is 36.1 Å². The maximum atomic E-state index is 5.99. The fourth-order valence-electron chi connectivity index (χ4n) is 2.98. The fourth-order valence-corrected chi connectivity index (χ4v) is 2.98. The minimum Gasteiger partial charge on any atom is -0.493 e. The molecule has 1 aromatic heterocycles. The number of hydrogen-bond donors (Lipinski definition) is 1. The van der Waals surface area contributed by atoms with Crippen LogP contribution in [0.2, 0.25) is 0 Å². The third-order valence-corrected chi connectivity index (χ3v) is 3.92. The standard InChI is InChI=1S/C14H25N3O2/c1-5-8-17-12(11(18-4)10-16-17)13(15-3)14(2)7-6-9-19-14/h10,13,15H,5-9H2,1-4H3. The molecule has 1 aromatic rings. The van der Waals surface area contributed by atoms with E-state index in [4.69, 9.17) is 9.47 Å². The molecule has 2 unspecified atom stereocenters. The third-order valence-electron chi connectivity index (χ3n) is 3.92. The Morgan fingerprint density at radius 2 is 2.42 bits per heavy atom. The molecule has 1 saturated heterocycles. The molecule has 0 radical (unpaired) electrons. The zero-order chi connectivity index (χ0) is 13.9. The Morgan fingerprint density at radius 3 is 2.95 bits per heavy atom. The highest BCUT2D eigenvalue weighted by Gasteiger charge is 2.41. The molecule has 1 aliphatic rings. The second-order valence-corrected chi connectivity index (χ2v) is 5.31. The first-order chi connectivity index (χ1) is 9.16. The predicted octanol–water partition coefficient (Wildman–Crippen LogP) is 2.13. The van der Waals surface area contributed by atoms with Crippen molar-refractivity contribution in [3.63, 3.8) is 0 Å². The fraction of sp³-hybridized carbons (Fsp3) is 0.786. The largest absolute Gasteiger partial charge is 0.493 e. The number of nitrogens with one attached hydrogen (secondary N) is 1. The van der Waals surface area contributed by atoms with Crippen molar-refractivity contribution in [2.24, 2.45) is 0 Å². The summed E-state index contributed by atoms with van der Waals surface area (Å²) in [5.41, 5.74) is 0.907. The number of methoxy groups -OCH3 is 1. The summed E-state index contributed by atoms with van der Waals surface area (Å²) in [6, 6.07) is 0.0963. The predicted molar refractivity (Wildman–Crippen MR) is 74.5 cm³/mol. The summed E-state index contributed by atoms with van der Waals surface area (Å²) in [6.07, 6.45) is 5.01. The molecule has 0 aromatic carbocycles. The summed E-state index contributed by atoms with van der Waals surface area (Å²) >= 11 is 0. The van der Waals surface area contributed by atoms with E-state index in [0.29, 0.717) is 0 Å². The number of aromatic nitrogens is 2. The molecule has 1 fully saturated rings. The maximum absolute atomic E-state index is 5.99. The van der Waals surface area contributed by atoms with Gasteiger partial charge in [-0.05, 0) is 33.2 Å². The van der Waals surface area contributed by atoms with Crippen molar-refractivity contribution < 1.29 is 9.47 Å². The highest BCUT2D eigenvalue weighted by molar-refractivity contribution is 5.30. The van der Waals surface area contributed by atoms with Gasteiger partial charge in [-0.3, -0.25) is 4.68 Å². The molecule has 0 spiro atoms. The van der Waals surface area contributed by atoms with Crippen LogP contribution in [0.15, 0.2) is 6.20 Å². The number of rotatable bonds is 6. The van der Waals surface area contributed by atoms with Crippen molar-refractivity contribution in [2.45, 2.75) is 51.3 Å². The third kappa shape index (κ3) is 2.62. The lowest BCUT2D eigenvalue weighted by Gasteiger charge is -2.33. The Labute approximate surface area is 115 Å². The molecule has 1 aliphatic heterocycles. The molecule has 2 atom stereocenters. The van der Waals surface area contributed by atoms with Crippen LogP contribution < -0.4 is 10.1 Å². The zero-order valence-electron chi connectivity index (χ0n) is 12.4. The average Bonchev–Trinajstić information content (AvgIpc) is 2.99. The quantitative estimate of drug-likeness (QED) is 0.858. The Morgan fingerprint density at radius 1 is 1.63 bits per heavy atom. The van der Waals surface area contributed by atoms with Crippen LogP contribution in [0.5, 0.6) is 5.75 Å². The SMILES string of the molecule is CCCn1ncc(OC)c1C(NC)C1(C)CCCO1. The molecule has 0 bridgehead atoms. The van der Waals surface area contributed by atoms with Crippen LogP contribution in [0, 0.1) is 0 Å². The van der Waals surface area contributed by atoms with Gasteiger partial charge < -0.3 is 14.8 Å². The molecule has 0 aliphatic carbocycles. The number of nitrogens with zero attached hydrogens (tertiary/aromatic N) is 2. The van der Waals surface area contributed by atoms with E-state index in [2.05, 4.69) is 24.3 Å². The van der Waals surface area contributed by atoms with E-state index in [9.17, 15) is 0 Å². The summed E-state index contributed by atoms with van der Waals surface area (Å²) in [6.45, 7) is 6.05. The minimum absolute atomic E-state index is 0.0963. The summed E-state index contributed by atoms with van der Waals surface area (Å²) in [7, 11) is 3.67. The topological polar surface area (TPSA) is 48.3 Å². The van der Waals surface area contributed by atoms with Gasteiger partial charge in [0.1, 0.15) is 5.69 Å². The number of likely N-dealkylation sites (N-methyl/N-ethyl adjacent to an activating group) is 1. The van der Waals surface area contributed by atoms with Gasteiger partial charge in [0, 0.05) is 13.2 Å². The smallest absolute Gasteiger partial charge is 0.161 e. The number of hydrogen-bond acceptors (Lipinski definition) is 4. The first kappa shape index (κ1) is 14.3. The van der Waals surface area contributed by atoms with E-state index in [1.807, 2.05) is 11.7 Å². The van der Waals surface area contributed by atoms with E-state index in [-0.39, 0.29) is 11.6 Å². The normalized spacial score (nSPS) is 24.6. The first-order valence-electron chi connectivity index (χ1n) is 7.07. The summed E-state index contributed by atoms with van der Waals surface area (Å²) < 4.78 is 13.5. The minimum atomic E-state index is -0.187. The lowest BCUT2D eigenvalue weighted by molar-refractivity contribution is -0.0134. The van der Waals surface area contributed by atoms with Crippen molar-refractivity contribution in [2.75, 3.05) is 20.8 Å². The molecule has 5 heteroatoms. The molecule has 2 rings (SSSR count). The molecular weight excluding hydrogens is 242 g/mol. The van der Waals surface area contributed by atoms with Crippen molar-refractivity contribution in [1.82, 2.24) is 15.1 Å². The van der Waals surface area contributed by atoms with E-state index in [1.54, 1.807) is 13.3 Å². The van der Waals surface area contributed by atoms with Gasteiger partial charge in [-0.15, -0.1) is 0 Å². The van der Waals surface area contributed by atoms with Crippen molar-refractivity contribution in [3.8, 4) is 5.75 Å². The molecular formula is C14H25N3O2. The Bertz CT molecular complexity index is 411. The molecule has 0 saturated carbocycles. The second-order valence-electron chi connectivity index (χ2n) is 5.31. The summed E-state index contributed by atoms with van der Waals surface area (Å²) in [4.78, 5) is 0. The van der Waals surface area contributed by atoms with Crippen LogP contribution in [0.25, 0.3) is 0 Å². The summed E-state index contributed by atoms with van der Waals surface area (Å²) in [5, 5.41) is 7.84. The van der Waals surface area contributed by atoms with Gasteiger partial charge in [0.05, 0.1) is 24.9 Å². The van der Waals surface area contributed by atoms with E-state index >= 15 is 0 Å². The lowest BCUT2D eigenvalue weighted by Crippen LogP contribution is -2.41. The molecule has 2 heterocycles. The second kappa shape index (κ2) is 5.92. The van der Waals surface area contributed by atoms with Crippen molar-refractivity contribution in [1.29, 1.82) is 0 Å². The van der Waals surface area contributed by atoms with E-state index in [0.717, 1.165) is 43.9 Å². The summed E-state index contributed by atoms with van der Waals surface area (Å²) in [5.74, 6) is 0.838. The molecule has 108 valence electrons. The van der Waals surface area contributed by atoms with Gasteiger partial charge in [-0.1, -0.05) is 6.92 Å². The lowest BCUT2D eigenvalue weighted by atomic mass is 9.90.